The minimum atomic E-state index is -0.174. The van der Waals surface area contributed by atoms with E-state index in [1.165, 1.54) is 31.3 Å². The maximum absolute atomic E-state index is 10.5. The molecule has 0 radical (unpaired) electrons. The highest BCUT2D eigenvalue weighted by Gasteiger charge is 2.32. The summed E-state index contributed by atoms with van der Waals surface area (Å²) in [5, 5.41) is 9.49. The van der Waals surface area contributed by atoms with Gasteiger partial charge in [0.25, 0.3) is 6.47 Å². The molecule has 1 N–H and O–H groups in total. The van der Waals surface area contributed by atoms with E-state index in [4.69, 9.17) is 4.74 Å². The molecule has 0 saturated heterocycles. The van der Waals surface area contributed by atoms with Crippen molar-refractivity contribution in [1.29, 1.82) is 0 Å². The van der Waals surface area contributed by atoms with Crippen molar-refractivity contribution in [2.75, 3.05) is 0 Å². The van der Waals surface area contributed by atoms with Gasteiger partial charge in [0.2, 0.25) is 0 Å². The molecule has 0 aliphatic rings. The van der Waals surface area contributed by atoms with Crippen molar-refractivity contribution in [3.8, 4) is 0 Å². The maximum atomic E-state index is 10.5. The van der Waals surface area contributed by atoms with E-state index >= 15 is 0 Å². The van der Waals surface area contributed by atoms with Gasteiger partial charge in [-0.3, -0.25) is 4.79 Å². The van der Waals surface area contributed by atoms with Crippen molar-refractivity contribution in [2.24, 2.45) is 5.41 Å². The van der Waals surface area contributed by atoms with Crippen LogP contribution in [0.25, 0.3) is 0 Å². The third-order valence-corrected chi connectivity index (χ3v) is 5.31. The summed E-state index contributed by atoms with van der Waals surface area (Å²) >= 11 is 0. The lowest BCUT2D eigenvalue weighted by molar-refractivity contribution is -0.124. The number of hydrogen-bond donors (Lipinski definition) is 1. The van der Waals surface area contributed by atoms with E-state index in [2.05, 4.69) is 33.9 Å². The molecular formula is C25H40O3. The second kappa shape index (κ2) is 15.0. The highest BCUT2D eigenvalue weighted by atomic mass is 16.5. The normalized spacial score (nSPS) is 14.7. The van der Waals surface area contributed by atoms with Crippen molar-refractivity contribution in [2.45, 2.75) is 85.5 Å². The van der Waals surface area contributed by atoms with E-state index in [0.29, 0.717) is 12.2 Å². The summed E-state index contributed by atoms with van der Waals surface area (Å²) in [6.07, 6.45) is 17.7. The second-order valence-corrected chi connectivity index (χ2v) is 7.54. The molecule has 0 aliphatic carbocycles. The SMILES string of the molecule is C=C(O)/C=C\C(=C)C(CCCC)(CCCCCCC)/C(C)=C/C=C(\C)OC=O. The summed E-state index contributed by atoms with van der Waals surface area (Å²) in [6, 6.07) is 0. The first-order chi connectivity index (χ1) is 13.3. The van der Waals surface area contributed by atoms with E-state index in [0.717, 1.165) is 37.7 Å². The van der Waals surface area contributed by atoms with Gasteiger partial charge in [-0.1, -0.05) is 89.7 Å². The van der Waals surface area contributed by atoms with Gasteiger partial charge in [-0.2, -0.15) is 0 Å². The Bertz CT molecular complexity index is 581. The maximum Gasteiger partial charge on any atom is 0.298 e. The van der Waals surface area contributed by atoms with Crippen LogP contribution in [0.2, 0.25) is 0 Å². The first kappa shape index (κ1) is 26.0. The van der Waals surface area contributed by atoms with Gasteiger partial charge in [0.05, 0.1) is 0 Å². The Morgan fingerprint density at radius 1 is 0.929 bits per heavy atom. The van der Waals surface area contributed by atoms with Gasteiger partial charge in [0.15, 0.2) is 0 Å². The quantitative estimate of drug-likeness (QED) is 0.127. The molecule has 0 aromatic carbocycles. The first-order valence-corrected chi connectivity index (χ1v) is 10.5. The van der Waals surface area contributed by atoms with Crippen LogP contribution in [0.1, 0.15) is 85.5 Å². The Labute approximate surface area is 172 Å². The molecule has 0 aliphatic heterocycles. The minimum absolute atomic E-state index is 0.0326. The first-order valence-electron chi connectivity index (χ1n) is 10.5. The van der Waals surface area contributed by atoms with Crippen LogP contribution in [0.15, 0.2) is 60.1 Å². The molecule has 1 unspecified atom stereocenters. The summed E-state index contributed by atoms with van der Waals surface area (Å²) < 4.78 is 4.91. The van der Waals surface area contributed by atoms with Crippen LogP contribution in [0.3, 0.4) is 0 Å². The third-order valence-electron chi connectivity index (χ3n) is 5.31. The highest BCUT2D eigenvalue weighted by molar-refractivity contribution is 5.41. The zero-order chi connectivity index (χ0) is 21.4. The van der Waals surface area contributed by atoms with E-state index < -0.39 is 0 Å². The minimum Gasteiger partial charge on any atom is -0.509 e. The Morgan fingerprint density at radius 3 is 2.11 bits per heavy atom. The Kier molecular flexibility index (Phi) is 13.9. The second-order valence-electron chi connectivity index (χ2n) is 7.54. The number of unbranched alkanes of at least 4 members (excludes halogenated alkanes) is 5. The Balaban J connectivity index is 5.81. The largest absolute Gasteiger partial charge is 0.509 e. The van der Waals surface area contributed by atoms with Crippen LogP contribution in [0.5, 0.6) is 0 Å². The van der Waals surface area contributed by atoms with E-state index in [1.807, 2.05) is 18.2 Å². The zero-order valence-electron chi connectivity index (χ0n) is 18.4. The topological polar surface area (TPSA) is 46.5 Å². The fourth-order valence-corrected chi connectivity index (χ4v) is 3.48. The van der Waals surface area contributed by atoms with Crippen LogP contribution >= 0.6 is 0 Å². The molecule has 0 bridgehead atoms. The molecule has 0 heterocycles. The number of carbonyl (C=O) groups is 1. The molecule has 0 amide bonds. The molecule has 0 fully saturated rings. The fourth-order valence-electron chi connectivity index (χ4n) is 3.48. The third kappa shape index (κ3) is 9.77. The van der Waals surface area contributed by atoms with Crippen LogP contribution in [-0.4, -0.2) is 11.6 Å². The summed E-state index contributed by atoms with van der Waals surface area (Å²) in [6.45, 7) is 16.7. The number of allylic oxidation sites excluding steroid dienone is 7. The monoisotopic (exact) mass is 388 g/mol. The number of rotatable bonds is 16. The van der Waals surface area contributed by atoms with Crippen molar-refractivity contribution in [1.82, 2.24) is 0 Å². The van der Waals surface area contributed by atoms with E-state index in [-0.39, 0.29) is 11.2 Å². The highest BCUT2D eigenvalue weighted by Crippen LogP contribution is 2.45. The molecule has 158 valence electrons. The number of hydrogen-bond acceptors (Lipinski definition) is 3. The number of aliphatic hydroxyl groups is 1. The van der Waals surface area contributed by atoms with Gasteiger partial charge in [-0.05, 0) is 44.4 Å². The molecule has 3 heteroatoms. The number of aliphatic hydroxyl groups excluding tert-OH is 1. The lowest BCUT2D eigenvalue weighted by Crippen LogP contribution is -2.24. The lowest BCUT2D eigenvalue weighted by atomic mass is 9.67. The van der Waals surface area contributed by atoms with Crippen LogP contribution in [-0.2, 0) is 9.53 Å². The molecule has 0 spiro atoms. The van der Waals surface area contributed by atoms with E-state index in [1.54, 1.807) is 13.0 Å². The van der Waals surface area contributed by atoms with Crippen molar-refractivity contribution < 1.29 is 14.6 Å². The molecule has 1 atom stereocenters. The zero-order valence-corrected chi connectivity index (χ0v) is 18.4. The summed E-state index contributed by atoms with van der Waals surface area (Å²) in [7, 11) is 0. The summed E-state index contributed by atoms with van der Waals surface area (Å²) in [5.41, 5.74) is 2.01. The van der Waals surface area contributed by atoms with Gasteiger partial charge >= 0.3 is 0 Å². The average molecular weight is 389 g/mol. The van der Waals surface area contributed by atoms with Crippen LogP contribution in [0.4, 0.5) is 0 Å². The van der Waals surface area contributed by atoms with Gasteiger partial charge in [0, 0.05) is 5.41 Å². The lowest BCUT2D eigenvalue weighted by Gasteiger charge is -2.37. The number of ether oxygens (including phenoxy) is 1. The Morgan fingerprint density at radius 2 is 1.54 bits per heavy atom. The molecule has 0 aromatic rings. The molecule has 28 heavy (non-hydrogen) atoms. The van der Waals surface area contributed by atoms with Gasteiger partial charge in [-0.25, -0.2) is 0 Å². The summed E-state index contributed by atoms with van der Waals surface area (Å²) in [5.74, 6) is 0.594. The average Bonchev–Trinajstić information content (AvgIpc) is 2.66. The van der Waals surface area contributed by atoms with Gasteiger partial charge in [0.1, 0.15) is 11.5 Å². The molecule has 3 nitrogen and oxygen atoms in total. The molecule has 0 saturated carbocycles. The number of carbonyl (C=O) groups excluding carboxylic acids is 1. The molecular weight excluding hydrogens is 348 g/mol. The Hall–Kier alpha value is -2.03. The summed E-state index contributed by atoms with van der Waals surface area (Å²) in [4.78, 5) is 10.5. The van der Waals surface area contributed by atoms with Crippen molar-refractivity contribution >= 4 is 6.47 Å². The van der Waals surface area contributed by atoms with Crippen molar-refractivity contribution in [3.05, 3.63) is 60.1 Å². The van der Waals surface area contributed by atoms with E-state index in [9.17, 15) is 9.90 Å². The van der Waals surface area contributed by atoms with Crippen molar-refractivity contribution in [3.63, 3.8) is 0 Å². The molecule has 0 rings (SSSR count). The molecule has 0 aromatic heterocycles. The standard InChI is InChI=1S/C25H40O3/c1-7-9-11-12-13-19-25(18-10-8-2,21(3)14-16-23(5)27)22(4)15-17-24(6)28-20-26/h14-17,20,27H,3,5,7-13,18-19H2,1-2,4,6H3/b16-14-,22-15+,24-17+. The predicted molar refractivity (Wildman–Crippen MR) is 120 cm³/mol. The van der Waals surface area contributed by atoms with Crippen LogP contribution in [0, 0.1) is 5.41 Å². The van der Waals surface area contributed by atoms with Gasteiger partial charge in [-0.15, -0.1) is 0 Å². The predicted octanol–water partition coefficient (Wildman–Crippen LogP) is 7.73. The van der Waals surface area contributed by atoms with Crippen LogP contribution < -0.4 is 0 Å². The fraction of sp³-hybridized carbons (Fsp3) is 0.560. The smallest absolute Gasteiger partial charge is 0.298 e. The van der Waals surface area contributed by atoms with Gasteiger partial charge < -0.3 is 9.84 Å².